The van der Waals surface area contributed by atoms with Crippen molar-refractivity contribution in [2.75, 3.05) is 7.05 Å². The summed E-state index contributed by atoms with van der Waals surface area (Å²) in [6, 6.07) is 6.20. The lowest BCUT2D eigenvalue weighted by Gasteiger charge is -2.14. The Hall–Kier alpha value is -2.08. The third-order valence-corrected chi connectivity index (χ3v) is 3.14. The van der Waals surface area contributed by atoms with Gasteiger partial charge in [-0.2, -0.15) is 13.2 Å². The number of aromatic nitrogens is 1. The van der Waals surface area contributed by atoms with Gasteiger partial charge in [-0.25, -0.2) is 0 Å². The van der Waals surface area contributed by atoms with E-state index >= 15 is 0 Å². The first-order valence-electron chi connectivity index (χ1n) is 5.89. The summed E-state index contributed by atoms with van der Waals surface area (Å²) in [6.45, 7) is 0. The fraction of sp³-hybridized carbons (Fsp3) is 0.143. The first-order chi connectivity index (χ1) is 9.84. The van der Waals surface area contributed by atoms with Crippen LogP contribution in [0.25, 0.3) is 11.1 Å². The third kappa shape index (κ3) is 3.16. The van der Waals surface area contributed by atoms with Crippen LogP contribution >= 0.6 is 11.6 Å². The molecule has 0 saturated heterocycles. The van der Waals surface area contributed by atoms with Gasteiger partial charge < -0.3 is 5.32 Å². The van der Waals surface area contributed by atoms with Crippen molar-refractivity contribution in [3.63, 3.8) is 0 Å². The number of alkyl halides is 3. The molecule has 0 unspecified atom stereocenters. The third-order valence-electron chi connectivity index (χ3n) is 2.83. The fourth-order valence-electron chi connectivity index (χ4n) is 1.89. The number of hydrogen-bond donors (Lipinski definition) is 1. The van der Waals surface area contributed by atoms with Crippen LogP contribution in [0.15, 0.2) is 36.5 Å². The lowest BCUT2D eigenvalue weighted by Crippen LogP contribution is -2.19. The van der Waals surface area contributed by atoms with Crippen LogP contribution in [0.4, 0.5) is 13.2 Å². The fourth-order valence-corrected chi connectivity index (χ4v) is 2.18. The van der Waals surface area contributed by atoms with Crippen molar-refractivity contribution in [1.29, 1.82) is 0 Å². The second-order valence-corrected chi connectivity index (χ2v) is 4.58. The van der Waals surface area contributed by atoms with Crippen LogP contribution in [0.5, 0.6) is 0 Å². The zero-order valence-corrected chi connectivity index (χ0v) is 11.6. The van der Waals surface area contributed by atoms with Gasteiger partial charge in [0, 0.05) is 23.8 Å². The number of nitrogens with zero attached hydrogens (tertiary/aromatic N) is 1. The maximum Gasteiger partial charge on any atom is 0.417 e. The minimum Gasteiger partial charge on any atom is -0.354 e. The SMILES string of the molecule is CNC(=O)c1cc(-c2c(Cl)cccc2C(F)(F)F)ccn1. The lowest BCUT2D eigenvalue weighted by molar-refractivity contribution is -0.137. The maximum atomic E-state index is 13.1. The van der Waals surface area contributed by atoms with E-state index in [2.05, 4.69) is 10.3 Å². The molecule has 110 valence electrons. The van der Waals surface area contributed by atoms with Crippen molar-refractivity contribution < 1.29 is 18.0 Å². The van der Waals surface area contributed by atoms with Gasteiger partial charge in [-0.05, 0) is 29.8 Å². The van der Waals surface area contributed by atoms with Crippen LogP contribution in [0.1, 0.15) is 16.1 Å². The van der Waals surface area contributed by atoms with Gasteiger partial charge in [-0.1, -0.05) is 17.7 Å². The molecule has 2 aromatic rings. The van der Waals surface area contributed by atoms with Crippen molar-refractivity contribution in [2.45, 2.75) is 6.18 Å². The highest BCUT2D eigenvalue weighted by Crippen LogP contribution is 2.40. The second kappa shape index (κ2) is 5.73. The van der Waals surface area contributed by atoms with Crippen molar-refractivity contribution in [3.8, 4) is 11.1 Å². The monoisotopic (exact) mass is 314 g/mol. The molecule has 1 aromatic carbocycles. The standard InChI is InChI=1S/C14H10ClF3N2O/c1-19-13(21)11-7-8(5-6-20-11)12-9(14(16,17)18)3-2-4-10(12)15/h2-7H,1H3,(H,19,21). The average Bonchev–Trinajstić information content (AvgIpc) is 2.45. The molecule has 0 radical (unpaired) electrons. The Morgan fingerprint density at radius 3 is 2.62 bits per heavy atom. The molecule has 0 aliphatic heterocycles. The minimum atomic E-state index is -4.54. The number of rotatable bonds is 2. The van der Waals surface area contributed by atoms with Crippen LogP contribution in [0.2, 0.25) is 5.02 Å². The normalized spacial score (nSPS) is 11.3. The van der Waals surface area contributed by atoms with E-state index < -0.39 is 17.6 Å². The van der Waals surface area contributed by atoms with E-state index in [1.807, 2.05) is 0 Å². The summed E-state index contributed by atoms with van der Waals surface area (Å²) in [5.41, 5.74) is -0.826. The number of benzene rings is 1. The Kier molecular flexibility index (Phi) is 4.18. The van der Waals surface area contributed by atoms with Crippen molar-refractivity contribution in [2.24, 2.45) is 0 Å². The van der Waals surface area contributed by atoms with Gasteiger partial charge >= 0.3 is 6.18 Å². The summed E-state index contributed by atoms with van der Waals surface area (Å²) < 4.78 is 39.3. The van der Waals surface area contributed by atoms with E-state index in [1.165, 1.54) is 37.5 Å². The number of carbonyl (C=O) groups is 1. The molecule has 2 rings (SSSR count). The van der Waals surface area contributed by atoms with Gasteiger partial charge in [0.15, 0.2) is 0 Å². The zero-order chi connectivity index (χ0) is 15.6. The Labute approximate surface area is 123 Å². The Bertz CT molecular complexity index is 686. The second-order valence-electron chi connectivity index (χ2n) is 4.17. The molecule has 1 aromatic heterocycles. The number of pyridine rings is 1. The summed E-state index contributed by atoms with van der Waals surface area (Å²) in [6.07, 6.45) is -3.28. The van der Waals surface area contributed by atoms with E-state index in [0.29, 0.717) is 0 Å². The molecule has 0 aliphatic carbocycles. The first-order valence-corrected chi connectivity index (χ1v) is 6.26. The minimum absolute atomic E-state index is 0.0167. The van der Waals surface area contributed by atoms with Crippen LogP contribution < -0.4 is 5.32 Å². The molecule has 7 heteroatoms. The Morgan fingerprint density at radius 1 is 1.29 bits per heavy atom. The van der Waals surface area contributed by atoms with E-state index in [9.17, 15) is 18.0 Å². The Morgan fingerprint density at radius 2 is 2.00 bits per heavy atom. The number of hydrogen-bond acceptors (Lipinski definition) is 2. The molecule has 0 spiro atoms. The number of halogens is 4. The molecule has 1 heterocycles. The van der Waals surface area contributed by atoms with E-state index in [4.69, 9.17) is 11.6 Å². The maximum absolute atomic E-state index is 13.1. The van der Waals surface area contributed by atoms with Gasteiger partial charge in [0.25, 0.3) is 5.91 Å². The van der Waals surface area contributed by atoms with Gasteiger partial charge in [0.05, 0.1) is 5.56 Å². The molecule has 0 fully saturated rings. The van der Waals surface area contributed by atoms with Gasteiger partial charge in [-0.3, -0.25) is 9.78 Å². The predicted molar refractivity (Wildman–Crippen MR) is 73.1 cm³/mol. The summed E-state index contributed by atoms with van der Waals surface area (Å²) >= 11 is 5.91. The first kappa shape index (κ1) is 15.3. The molecule has 1 amide bonds. The molecule has 0 saturated carbocycles. The van der Waals surface area contributed by atoms with Crippen molar-refractivity contribution in [1.82, 2.24) is 10.3 Å². The quantitative estimate of drug-likeness (QED) is 0.916. The molecular weight excluding hydrogens is 305 g/mol. The summed E-state index contributed by atoms with van der Waals surface area (Å²) in [7, 11) is 1.41. The molecular formula is C14H10ClF3N2O. The van der Waals surface area contributed by atoms with E-state index in [1.54, 1.807) is 0 Å². The summed E-state index contributed by atoms with van der Waals surface area (Å²) in [5, 5.41) is 2.32. The van der Waals surface area contributed by atoms with Crippen LogP contribution in [-0.4, -0.2) is 17.9 Å². The molecule has 3 nitrogen and oxygen atoms in total. The average molecular weight is 315 g/mol. The molecule has 21 heavy (non-hydrogen) atoms. The van der Waals surface area contributed by atoms with Gasteiger partial charge in [-0.15, -0.1) is 0 Å². The number of carbonyl (C=O) groups excluding carboxylic acids is 1. The van der Waals surface area contributed by atoms with E-state index in [0.717, 1.165) is 6.07 Å². The number of amides is 1. The van der Waals surface area contributed by atoms with Gasteiger partial charge in [0.2, 0.25) is 0 Å². The Balaban J connectivity index is 2.65. The molecule has 0 atom stereocenters. The zero-order valence-electron chi connectivity index (χ0n) is 10.8. The van der Waals surface area contributed by atoms with Crippen LogP contribution in [0.3, 0.4) is 0 Å². The summed E-state index contributed by atoms with van der Waals surface area (Å²) in [5.74, 6) is -0.488. The number of nitrogens with one attached hydrogen (secondary N) is 1. The highest BCUT2D eigenvalue weighted by molar-refractivity contribution is 6.33. The van der Waals surface area contributed by atoms with E-state index in [-0.39, 0.29) is 21.8 Å². The van der Waals surface area contributed by atoms with Crippen molar-refractivity contribution in [3.05, 3.63) is 52.8 Å². The topological polar surface area (TPSA) is 42.0 Å². The highest BCUT2D eigenvalue weighted by atomic mass is 35.5. The highest BCUT2D eigenvalue weighted by Gasteiger charge is 2.34. The molecule has 0 aliphatic rings. The van der Waals surface area contributed by atoms with Crippen LogP contribution in [-0.2, 0) is 6.18 Å². The largest absolute Gasteiger partial charge is 0.417 e. The molecule has 1 N–H and O–H groups in total. The summed E-state index contributed by atoms with van der Waals surface area (Å²) in [4.78, 5) is 15.4. The smallest absolute Gasteiger partial charge is 0.354 e. The lowest BCUT2D eigenvalue weighted by atomic mass is 9.99. The van der Waals surface area contributed by atoms with Gasteiger partial charge in [0.1, 0.15) is 5.69 Å². The van der Waals surface area contributed by atoms with Crippen LogP contribution in [0, 0.1) is 0 Å². The predicted octanol–water partition coefficient (Wildman–Crippen LogP) is 3.78. The van der Waals surface area contributed by atoms with Crippen molar-refractivity contribution >= 4 is 17.5 Å². The molecule has 0 bridgehead atoms.